The van der Waals surface area contributed by atoms with E-state index in [9.17, 15) is 18.0 Å². The molecule has 1 N–H and O–H groups in total. The predicted molar refractivity (Wildman–Crippen MR) is 119 cm³/mol. The fourth-order valence-corrected chi connectivity index (χ4v) is 3.87. The average Bonchev–Trinajstić information content (AvgIpc) is 2.77. The molecule has 0 aliphatic carbocycles. The van der Waals surface area contributed by atoms with Crippen molar-refractivity contribution in [1.29, 1.82) is 0 Å². The van der Waals surface area contributed by atoms with Gasteiger partial charge in [0, 0.05) is 12.3 Å². The van der Waals surface area contributed by atoms with Crippen molar-refractivity contribution in [2.45, 2.75) is 11.5 Å². The van der Waals surface area contributed by atoms with Crippen molar-refractivity contribution in [3.05, 3.63) is 94.3 Å². The number of aromatic carboxylic acids is 1. The van der Waals surface area contributed by atoms with Gasteiger partial charge in [0.2, 0.25) is 0 Å². The summed E-state index contributed by atoms with van der Waals surface area (Å²) in [5.41, 5.74) is 1.82. The lowest BCUT2D eigenvalue weighted by Gasteiger charge is -2.08. The van der Waals surface area contributed by atoms with E-state index in [4.69, 9.17) is 14.3 Å². The fraction of sp³-hybridized carbons (Fsp3) is 0.0833. The van der Waals surface area contributed by atoms with Gasteiger partial charge in [-0.05, 0) is 47.5 Å². The Morgan fingerprint density at radius 2 is 1.78 bits per heavy atom. The second-order valence-electron chi connectivity index (χ2n) is 7.23. The smallest absolute Gasteiger partial charge is 0.335 e. The van der Waals surface area contributed by atoms with Crippen LogP contribution in [0.15, 0.2) is 87.1 Å². The van der Waals surface area contributed by atoms with E-state index in [-0.39, 0.29) is 22.5 Å². The molecule has 0 fully saturated rings. The zero-order valence-corrected chi connectivity index (χ0v) is 17.8. The molecule has 3 aromatic carbocycles. The Hall–Kier alpha value is -3.91. The van der Waals surface area contributed by atoms with Crippen LogP contribution in [-0.2, 0) is 16.4 Å². The molecule has 0 saturated carbocycles. The van der Waals surface area contributed by atoms with Gasteiger partial charge in [-0.25, -0.2) is 13.2 Å². The standard InChI is InChI=1S/C24H18O7S/c1-32(28,29)19-8-5-16(6-9-19)21-14-31-22-12-18(7-10-20(22)23(21)25)30-13-15-3-2-4-17(11-15)24(26)27/h2-12,14H,13H2,1H3,(H,26,27). The first-order chi connectivity index (χ1) is 15.2. The number of ether oxygens (including phenoxy) is 1. The first kappa shape index (κ1) is 21.3. The Labute approximate surface area is 183 Å². The molecule has 0 atom stereocenters. The molecule has 0 aliphatic heterocycles. The van der Waals surface area contributed by atoms with Gasteiger partial charge in [0.25, 0.3) is 0 Å². The first-order valence-electron chi connectivity index (χ1n) is 9.53. The highest BCUT2D eigenvalue weighted by Crippen LogP contribution is 2.24. The maximum Gasteiger partial charge on any atom is 0.335 e. The van der Waals surface area contributed by atoms with Gasteiger partial charge in [0.1, 0.15) is 24.2 Å². The maximum atomic E-state index is 12.9. The van der Waals surface area contributed by atoms with Crippen molar-refractivity contribution in [3.63, 3.8) is 0 Å². The number of benzene rings is 3. The largest absolute Gasteiger partial charge is 0.489 e. The van der Waals surface area contributed by atoms with Crippen molar-refractivity contribution in [2.24, 2.45) is 0 Å². The van der Waals surface area contributed by atoms with Gasteiger partial charge in [-0.2, -0.15) is 0 Å². The van der Waals surface area contributed by atoms with Gasteiger partial charge in [-0.1, -0.05) is 24.3 Å². The third-order valence-corrected chi connectivity index (χ3v) is 6.05. The summed E-state index contributed by atoms with van der Waals surface area (Å²) < 4.78 is 34.6. The Morgan fingerprint density at radius 1 is 1.03 bits per heavy atom. The summed E-state index contributed by atoms with van der Waals surface area (Å²) in [6.45, 7) is 0.154. The highest BCUT2D eigenvalue weighted by Gasteiger charge is 2.12. The Morgan fingerprint density at radius 3 is 2.47 bits per heavy atom. The van der Waals surface area contributed by atoms with Crippen LogP contribution in [0.4, 0.5) is 0 Å². The second-order valence-corrected chi connectivity index (χ2v) is 9.24. The molecule has 0 unspecified atom stereocenters. The number of hydrogen-bond donors (Lipinski definition) is 1. The lowest BCUT2D eigenvalue weighted by molar-refractivity contribution is 0.0696. The minimum Gasteiger partial charge on any atom is -0.489 e. The lowest BCUT2D eigenvalue weighted by atomic mass is 10.1. The van der Waals surface area contributed by atoms with E-state index in [0.29, 0.717) is 33.4 Å². The molecule has 8 heteroatoms. The van der Waals surface area contributed by atoms with Crippen molar-refractivity contribution < 1.29 is 27.5 Å². The van der Waals surface area contributed by atoms with E-state index < -0.39 is 15.8 Å². The monoisotopic (exact) mass is 450 g/mol. The predicted octanol–water partition coefficient (Wildman–Crippen LogP) is 4.14. The molecule has 0 aliphatic rings. The third-order valence-electron chi connectivity index (χ3n) is 4.92. The summed E-state index contributed by atoms with van der Waals surface area (Å²) in [7, 11) is -3.33. The van der Waals surface area contributed by atoms with Crippen molar-refractivity contribution in [1.82, 2.24) is 0 Å². The maximum absolute atomic E-state index is 12.9. The minimum absolute atomic E-state index is 0.154. The number of carboxylic acids is 1. The zero-order chi connectivity index (χ0) is 22.9. The molecule has 0 bridgehead atoms. The zero-order valence-electron chi connectivity index (χ0n) is 16.9. The molecule has 1 aromatic heterocycles. The number of carboxylic acid groups (broad SMARTS) is 1. The van der Waals surface area contributed by atoms with Gasteiger partial charge in [0.15, 0.2) is 15.3 Å². The summed E-state index contributed by atoms with van der Waals surface area (Å²) in [4.78, 5) is 24.2. The van der Waals surface area contributed by atoms with Gasteiger partial charge < -0.3 is 14.3 Å². The molecule has 0 saturated heterocycles. The van der Waals surface area contributed by atoms with Crippen molar-refractivity contribution in [3.8, 4) is 16.9 Å². The molecule has 4 aromatic rings. The molecule has 0 amide bonds. The highest BCUT2D eigenvalue weighted by atomic mass is 32.2. The van der Waals surface area contributed by atoms with E-state index in [1.54, 1.807) is 42.5 Å². The third kappa shape index (κ3) is 4.40. The average molecular weight is 450 g/mol. The molecule has 1 heterocycles. The topological polar surface area (TPSA) is 111 Å². The second kappa shape index (κ2) is 8.32. The molecule has 0 spiro atoms. The summed E-state index contributed by atoms with van der Waals surface area (Å²) in [5, 5.41) is 9.44. The Bertz CT molecular complexity index is 1480. The summed E-state index contributed by atoms with van der Waals surface area (Å²) in [6.07, 6.45) is 2.45. The quantitative estimate of drug-likeness (QED) is 0.470. The SMILES string of the molecule is CS(=O)(=O)c1ccc(-c2coc3cc(OCc4cccc(C(=O)O)c4)ccc3c2=O)cc1. The molecular formula is C24H18O7S. The van der Waals surface area contributed by atoms with Gasteiger partial charge in [0.05, 0.1) is 21.4 Å². The molecular weight excluding hydrogens is 432 g/mol. The number of rotatable bonds is 6. The van der Waals surface area contributed by atoms with Crippen molar-refractivity contribution >= 4 is 26.8 Å². The van der Waals surface area contributed by atoms with E-state index in [1.807, 2.05) is 0 Å². The van der Waals surface area contributed by atoms with Crippen molar-refractivity contribution in [2.75, 3.05) is 6.26 Å². The van der Waals surface area contributed by atoms with Crippen LogP contribution in [0.5, 0.6) is 5.75 Å². The fourth-order valence-electron chi connectivity index (χ4n) is 3.24. The van der Waals surface area contributed by atoms with Crippen LogP contribution in [0, 0.1) is 0 Å². The van der Waals surface area contributed by atoms with Crippen LogP contribution in [0.2, 0.25) is 0 Å². The minimum atomic E-state index is -3.33. The summed E-state index contributed by atoms with van der Waals surface area (Å²) in [6, 6.07) is 17.3. The Kier molecular flexibility index (Phi) is 5.54. The van der Waals surface area contributed by atoms with Crippen LogP contribution in [0.25, 0.3) is 22.1 Å². The normalized spacial score (nSPS) is 11.4. The van der Waals surface area contributed by atoms with Crippen LogP contribution in [-0.4, -0.2) is 25.7 Å². The van der Waals surface area contributed by atoms with Crippen LogP contribution in [0.1, 0.15) is 15.9 Å². The van der Waals surface area contributed by atoms with Crippen LogP contribution >= 0.6 is 0 Å². The summed E-state index contributed by atoms with van der Waals surface area (Å²) >= 11 is 0. The number of carbonyl (C=O) groups is 1. The molecule has 4 rings (SSSR count). The Balaban J connectivity index is 1.59. The lowest BCUT2D eigenvalue weighted by Crippen LogP contribution is -2.05. The van der Waals surface area contributed by atoms with E-state index in [1.165, 1.54) is 30.5 Å². The van der Waals surface area contributed by atoms with Gasteiger partial charge >= 0.3 is 5.97 Å². The van der Waals surface area contributed by atoms with Gasteiger partial charge in [-0.15, -0.1) is 0 Å². The number of hydrogen-bond acceptors (Lipinski definition) is 6. The van der Waals surface area contributed by atoms with E-state index in [2.05, 4.69) is 0 Å². The van der Waals surface area contributed by atoms with Gasteiger partial charge in [-0.3, -0.25) is 4.79 Å². The van der Waals surface area contributed by atoms with Crippen LogP contribution in [0.3, 0.4) is 0 Å². The molecule has 0 radical (unpaired) electrons. The number of sulfone groups is 1. The summed E-state index contributed by atoms with van der Waals surface area (Å²) in [5.74, 6) is -0.548. The van der Waals surface area contributed by atoms with E-state index >= 15 is 0 Å². The molecule has 162 valence electrons. The first-order valence-corrected chi connectivity index (χ1v) is 11.4. The molecule has 32 heavy (non-hydrogen) atoms. The number of fused-ring (bicyclic) bond motifs is 1. The highest BCUT2D eigenvalue weighted by molar-refractivity contribution is 7.90. The molecule has 7 nitrogen and oxygen atoms in total. The van der Waals surface area contributed by atoms with Crippen LogP contribution < -0.4 is 10.2 Å². The van der Waals surface area contributed by atoms with E-state index in [0.717, 1.165) is 6.26 Å².